The summed E-state index contributed by atoms with van der Waals surface area (Å²) in [6.07, 6.45) is 0. The molecule has 0 aliphatic carbocycles. The van der Waals surface area contributed by atoms with Gasteiger partial charge in [-0.15, -0.1) is 0 Å². The van der Waals surface area contributed by atoms with E-state index < -0.39 is 27.7 Å². The topological polar surface area (TPSA) is 92.2 Å². The molecule has 0 aliphatic heterocycles. The zero-order chi connectivity index (χ0) is 13.8. The summed E-state index contributed by atoms with van der Waals surface area (Å²) in [5.74, 6) is -0.625. The number of hydrogen-bond donors (Lipinski definition) is 2. The van der Waals surface area contributed by atoms with Crippen molar-refractivity contribution in [3.8, 4) is 16.9 Å². The van der Waals surface area contributed by atoms with Gasteiger partial charge in [0.15, 0.2) is 5.75 Å². The molecule has 1 aromatic heterocycles. The highest BCUT2D eigenvalue weighted by molar-refractivity contribution is 5.74. The quantitative estimate of drug-likeness (QED) is 0.707. The van der Waals surface area contributed by atoms with Crippen LogP contribution in [0.2, 0.25) is 0 Å². The Balaban J connectivity index is 2.77. The van der Waals surface area contributed by atoms with Crippen LogP contribution in [-0.2, 0) is 5.54 Å². The van der Waals surface area contributed by atoms with Crippen molar-refractivity contribution in [1.82, 2.24) is 9.78 Å². The van der Waals surface area contributed by atoms with E-state index in [-0.39, 0.29) is 11.1 Å². The molecule has 0 atom stereocenters. The minimum Gasteiger partial charge on any atom is -0.503 e. The van der Waals surface area contributed by atoms with E-state index in [9.17, 15) is 19.5 Å². The number of rotatable bonds is 1. The maximum atomic E-state index is 12.2. The molecule has 0 radical (unpaired) electrons. The first-order valence-electron chi connectivity index (χ1n) is 5.51. The summed E-state index contributed by atoms with van der Waals surface area (Å²) in [7, 11) is 0. The van der Waals surface area contributed by atoms with Gasteiger partial charge in [-0.1, -0.05) is 0 Å². The molecular formula is C12H14N2O4. The second kappa shape index (κ2) is 3.44. The predicted molar refractivity (Wildman–Crippen MR) is 66.8 cm³/mol. The van der Waals surface area contributed by atoms with Crippen LogP contribution in [0.1, 0.15) is 26.5 Å². The Morgan fingerprint density at radius 1 is 1.06 bits per heavy atom. The Hall–Kier alpha value is -2.11. The van der Waals surface area contributed by atoms with Crippen LogP contribution in [-0.4, -0.2) is 14.9 Å². The van der Waals surface area contributed by atoms with Crippen LogP contribution < -0.4 is 16.4 Å². The van der Waals surface area contributed by atoms with Crippen LogP contribution >= 0.6 is 0 Å². The SMILES string of the molecule is Cc1[nH]n(C(C)(C)C)c(=O)c1-c1c(O)c(=O)c1=O. The minimum absolute atomic E-state index is 0.0759. The van der Waals surface area contributed by atoms with E-state index in [1.54, 1.807) is 6.92 Å². The fourth-order valence-corrected chi connectivity index (χ4v) is 1.92. The van der Waals surface area contributed by atoms with Crippen molar-refractivity contribution in [3.05, 3.63) is 36.5 Å². The largest absolute Gasteiger partial charge is 0.503 e. The molecule has 1 heterocycles. The highest BCUT2D eigenvalue weighted by Gasteiger charge is 2.29. The van der Waals surface area contributed by atoms with Crippen molar-refractivity contribution in [3.63, 3.8) is 0 Å². The van der Waals surface area contributed by atoms with Gasteiger partial charge in [0.2, 0.25) is 5.43 Å². The number of nitrogens with zero attached hydrogens (tertiary/aromatic N) is 1. The molecule has 18 heavy (non-hydrogen) atoms. The van der Waals surface area contributed by atoms with Gasteiger partial charge in [0.05, 0.1) is 16.7 Å². The second-order valence-corrected chi connectivity index (χ2v) is 5.31. The normalized spacial score (nSPS) is 12.2. The van der Waals surface area contributed by atoms with Crippen LogP contribution in [0.15, 0.2) is 14.4 Å². The standard InChI is InChI=1S/C12H14N2O4/c1-5-6(7-8(15)10(17)9(7)16)11(18)14(13-5)12(2,3)4/h13,15H,1-4H3. The molecule has 2 N–H and O–H groups in total. The van der Waals surface area contributed by atoms with Crippen LogP contribution in [0.3, 0.4) is 0 Å². The van der Waals surface area contributed by atoms with E-state index in [0.29, 0.717) is 5.69 Å². The van der Waals surface area contributed by atoms with Gasteiger partial charge in [-0.05, 0) is 27.7 Å². The van der Waals surface area contributed by atoms with Gasteiger partial charge >= 0.3 is 0 Å². The average molecular weight is 250 g/mol. The van der Waals surface area contributed by atoms with Gasteiger partial charge in [0, 0.05) is 5.69 Å². The molecule has 2 aromatic rings. The Bertz CT molecular complexity index is 749. The van der Waals surface area contributed by atoms with Crippen LogP contribution in [0.4, 0.5) is 0 Å². The molecule has 0 saturated heterocycles. The Morgan fingerprint density at radius 3 is 2.00 bits per heavy atom. The lowest BCUT2D eigenvalue weighted by Gasteiger charge is -2.19. The van der Waals surface area contributed by atoms with Gasteiger partial charge in [-0.3, -0.25) is 19.5 Å². The molecule has 96 valence electrons. The first-order chi connectivity index (χ1) is 8.16. The van der Waals surface area contributed by atoms with Crippen molar-refractivity contribution in [2.45, 2.75) is 33.2 Å². The number of hydrogen-bond acceptors (Lipinski definition) is 4. The summed E-state index contributed by atoms with van der Waals surface area (Å²) in [5.41, 5.74) is -2.29. The second-order valence-electron chi connectivity index (χ2n) is 5.31. The van der Waals surface area contributed by atoms with E-state index in [2.05, 4.69) is 5.10 Å². The molecular weight excluding hydrogens is 236 g/mol. The first-order valence-corrected chi connectivity index (χ1v) is 5.51. The number of aromatic nitrogens is 2. The highest BCUT2D eigenvalue weighted by atomic mass is 16.3. The van der Waals surface area contributed by atoms with Crippen molar-refractivity contribution in [2.75, 3.05) is 0 Å². The summed E-state index contributed by atoms with van der Waals surface area (Å²) < 4.78 is 1.37. The zero-order valence-corrected chi connectivity index (χ0v) is 10.6. The summed E-state index contributed by atoms with van der Waals surface area (Å²) in [6, 6.07) is 0. The number of aromatic amines is 1. The summed E-state index contributed by atoms with van der Waals surface area (Å²) >= 11 is 0. The molecule has 1 aromatic carbocycles. The van der Waals surface area contributed by atoms with Gasteiger partial charge in [0.25, 0.3) is 11.0 Å². The lowest BCUT2D eigenvalue weighted by molar-refractivity contribution is 0.344. The average Bonchev–Trinajstić information content (AvgIpc) is 2.56. The van der Waals surface area contributed by atoms with Crippen molar-refractivity contribution in [1.29, 1.82) is 0 Å². The molecule has 0 spiro atoms. The van der Waals surface area contributed by atoms with Crippen molar-refractivity contribution < 1.29 is 5.11 Å². The fourth-order valence-electron chi connectivity index (χ4n) is 1.92. The predicted octanol–water partition coefficient (Wildman–Crippen LogP) is 0.208. The third-order valence-corrected chi connectivity index (χ3v) is 2.88. The van der Waals surface area contributed by atoms with E-state index in [4.69, 9.17) is 0 Å². The van der Waals surface area contributed by atoms with Crippen LogP contribution in [0.5, 0.6) is 5.75 Å². The third-order valence-electron chi connectivity index (χ3n) is 2.88. The molecule has 6 nitrogen and oxygen atoms in total. The van der Waals surface area contributed by atoms with E-state index >= 15 is 0 Å². The summed E-state index contributed by atoms with van der Waals surface area (Å²) in [5, 5.41) is 12.3. The maximum Gasteiger partial charge on any atom is 0.275 e. The van der Waals surface area contributed by atoms with Crippen molar-refractivity contribution >= 4 is 0 Å². The number of aryl methyl sites for hydroxylation is 1. The lowest BCUT2D eigenvalue weighted by Crippen LogP contribution is -2.36. The molecule has 0 saturated carbocycles. The van der Waals surface area contributed by atoms with Gasteiger partial charge in [-0.2, -0.15) is 0 Å². The van der Waals surface area contributed by atoms with E-state index in [1.807, 2.05) is 20.8 Å². The summed E-state index contributed by atoms with van der Waals surface area (Å²) in [6.45, 7) is 7.11. The molecule has 0 unspecified atom stereocenters. The minimum atomic E-state index is -0.938. The number of H-pyrrole nitrogens is 1. The number of nitrogens with one attached hydrogen (secondary N) is 1. The molecule has 0 bridgehead atoms. The lowest BCUT2D eigenvalue weighted by atomic mass is 10.0. The van der Waals surface area contributed by atoms with Crippen LogP contribution in [0, 0.1) is 6.92 Å². The molecule has 0 fully saturated rings. The summed E-state index contributed by atoms with van der Waals surface area (Å²) in [4.78, 5) is 34.6. The molecule has 0 amide bonds. The Kier molecular flexibility index (Phi) is 2.36. The zero-order valence-electron chi connectivity index (χ0n) is 10.6. The smallest absolute Gasteiger partial charge is 0.275 e. The number of aromatic hydroxyl groups is 1. The highest BCUT2D eigenvalue weighted by Crippen LogP contribution is 2.24. The van der Waals surface area contributed by atoms with E-state index in [0.717, 1.165) is 0 Å². The van der Waals surface area contributed by atoms with Gasteiger partial charge in [-0.25, -0.2) is 4.68 Å². The Morgan fingerprint density at radius 2 is 1.61 bits per heavy atom. The monoisotopic (exact) mass is 250 g/mol. The third kappa shape index (κ3) is 1.45. The Labute approximate surface area is 102 Å². The maximum absolute atomic E-state index is 12.2. The van der Waals surface area contributed by atoms with Gasteiger partial charge < -0.3 is 5.11 Å². The molecule has 0 aliphatic rings. The van der Waals surface area contributed by atoms with E-state index in [1.165, 1.54) is 4.68 Å². The fraction of sp³-hybridized carbons (Fsp3) is 0.417. The van der Waals surface area contributed by atoms with Gasteiger partial charge in [0.1, 0.15) is 0 Å². The first kappa shape index (κ1) is 12.3. The molecule has 6 heteroatoms. The van der Waals surface area contributed by atoms with Crippen LogP contribution in [0.25, 0.3) is 11.1 Å². The van der Waals surface area contributed by atoms with Crippen molar-refractivity contribution in [2.24, 2.45) is 0 Å². The molecule has 2 rings (SSSR count).